The first kappa shape index (κ1) is 14.8. The summed E-state index contributed by atoms with van der Waals surface area (Å²) >= 11 is 5.93. The molecule has 1 saturated carbocycles. The average molecular weight is 309 g/mol. The summed E-state index contributed by atoms with van der Waals surface area (Å²) < 4.78 is 16.3. The van der Waals surface area contributed by atoms with E-state index in [2.05, 4.69) is 9.55 Å². The Bertz CT molecular complexity index is 600. The van der Waals surface area contributed by atoms with Gasteiger partial charge >= 0.3 is 0 Å². The Balaban J connectivity index is 2.05. The minimum atomic E-state index is -0.229. The van der Waals surface area contributed by atoms with Crippen LogP contribution in [0, 0.1) is 5.82 Å². The van der Waals surface area contributed by atoms with E-state index in [0.29, 0.717) is 23.9 Å². The lowest BCUT2D eigenvalue weighted by Crippen LogP contribution is -2.14. The van der Waals surface area contributed by atoms with Crippen molar-refractivity contribution >= 4 is 22.6 Å². The summed E-state index contributed by atoms with van der Waals surface area (Å²) in [5.74, 6) is 1.24. The molecule has 1 fully saturated rings. The van der Waals surface area contributed by atoms with Crippen LogP contribution in [-0.4, -0.2) is 15.4 Å². The number of para-hydroxylation sites is 1. The second-order valence-corrected chi connectivity index (χ2v) is 6.32. The summed E-state index contributed by atoms with van der Waals surface area (Å²) in [6.45, 7) is 0. The molecule has 21 heavy (non-hydrogen) atoms. The van der Waals surface area contributed by atoms with Crippen molar-refractivity contribution in [1.29, 1.82) is 0 Å². The second-order valence-electron chi connectivity index (χ2n) is 5.94. The fourth-order valence-electron chi connectivity index (χ4n) is 3.49. The van der Waals surface area contributed by atoms with Gasteiger partial charge < -0.3 is 4.57 Å². The third kappa shape index (κ3) is 3.08. The zero-order valence-corrected chi connectivity index (χ0v) is 13.1. The van der Waals surface area contributed by atoms with E-state index in [9.17, 15) is 4.39 Å². The summed E-state index contributed by atoms with van der Waals surface area (Å²) in [6.07, 6.45) is 9.49. The first-order valence-corrected chi connectivity index (χ1v) is 8.56. The van der Waals surface area contributed by atoms with Crippen molar-refractivity contribution in [3.63, 3.8) is 0 Å². The van der Waals surface area contributed by atoms with Gasteiger partial charge in [-0.05, 0) is 25.0 Å². The van der Waals surface area contributed by atoms with E-state index in [1.807, 2.05) is 6.07 Å². The van der Waals surface area contributed by atoms with Gasteiger partial charge in [-0.1, -0.05) is 38.2 Å². The highest BCUT2D eigenvalue weighted by molar-refractivity contribution is 6.17. The minimum Gasteiger partial charge on any atom is -0.325 e. The highest BCUT2D eigenvalue weighted by Crippen LogP contribution is 2.32. The predicted octanol–water partition coefficient (Wildman–Crippen LogP) is 5.24. The number of imidazole rings is 1. The maximum atomic E-state index is 14.0. The van der Waals surface area contributed by atoms with Crippen LogP contribution in [0.5, 0.6) is 0 Å². The molecule has 2 nitrogen and oxygen atoms in total. The fraction of sp³-hybridized carbons (Fsp3) is 0.588. The monoisotopic (exact) mass is 308 g/mol. The van der Waals surface area contributed by atoms with E-state index < -0.39 is 0 Å². The third-order valence-corrected chi connectivity index (χ3v) is 4.69. The lowest BCUT2D eigenvalue weighted by Gasteiger charge is -2.24. The van der Waals surface area contributed by atoms with Gasteiger partial charge in [0.1, 0.15) is 11.3 Å². The number of rotatable bonds is 3. The molecule has 0 amide bonds. The van der Waals surface area contributed by atoms with Crippen LogP contribution < -0.4 is 0 Å². The van der Waals surface area contributed by atoms with Crippen molar-refractivity contribution in [2.45, 2.75) is 57.4 Å². The highest BCUT2D eigenvalue weighted by Gasteiger charge is 2.21. The molecule has 0 radical (unpaired) electrons. The lowest BCUT2D eigenvalue weighted by atomic mass is 9.96. The smallest absolute Gasteiger partial charge is 0.151 e. The van der Waals surface area contributed by atoms with Gasteiger partial charge in [0.15, 0.2) is 5.82 Å². The Morgan fingerprint density at radius 2 is 1.86 bits per heavy atom. The first-order valence-electron chi connectivity index (χ1n) is 8.02. The van der Waals surface area contributed by atoms with Crippen LogP contribution >= 0.6 is 11.6 Å². The highest BCUT2D eigenvalue weighted by atomic mass is 35.5. The minimum absolute atomic E-state index is 0.229. The summed E-state index contributed by atoms with van der Waals surface area (Å²) in [4.78, 5) is 4.53. The number of nitrogens with zero attached hydrogens (tertiary/aromatic N) is 2. The third-order valence-electron chi connectivity index (χ3n) is 4.50. The molecule has 0 saturated heterocycles. The summed E-state index contributed by atoms with van der Waals surface area (Å²) in [6, 6.07) is 5.70. The standard InChI is InChI=1S/C17H22ClFN2/c18-12-11-16-20-17-14(19)9-6-10-15(17)21(16)13-7-4-2-1-3-5-8-13/h6,9-10,13H,1-5,7-8,11-12H2. The van der Waals surface area contributed by atoms with Crippen molar-refractivity contribution in [2.75, 3.05) is 5.88 Å². The van der Waals surface area contributed by atoms with Crippen LogP contribution in [0.4, 0.5) is 4.39 Å². The van der Waals surface area contributed by atoms with E-state index >= 15 is 0 Å². The van der Waals surface area contributed by atoms with Crippen LogP contribution in [0.25, 0.3) is 11.0 Å². The average Bonchev–Trinajstić information content (AvgIpc) is 2.79. The van der Waals surface area contributed by atoms with Crippen LogP contribution in [0.3, 0.4) is 0 Å². The van der Waals surface area contributed by atoms with Crippen molar-refractivity contribution < 1.29 is 4.39 Å². The molecule has 1 aromatic heterocycles. The first-order chi connectivity index (χ1) is 10.3. The zero-order valence-electron chi connectivity index (χ0n) is 12.3. The predicted molar refractivity (Wildman–Crippen MR) is 85.5 cm³/mol. The number of benzene rings is 1. The van der Waals surface area contributed by atoms with Crippen LogP contribution in [0.15, 0.2) is 18.2 Å². The van der Waals surface area contributed by atoms with Gasteiger partial charge in [-0.25, -0.2) is 9.37 Å². The normalized spacial score (nSPS) is 17.8. The van der Waals surface area contributed by atoms with Gasteiger partial charge in [0, 0.05) is 18.3 Å². The van der Waals surface area contributed by atoms with Crippen molar-refractivity contribution in [3.05, 3.63) is 29.8 Å². The summed E-state index contributed by atoms with van der Waals surface area (Å²) in [5.41, 5.74) is 1.43. The number of fused-ring (bicyclic) bond motifs is 1. The Hall–Kier alpha value is -1.09. The lowest BCUT2D eigenvalue weighted by molar-refractivity contribution is 0.371. The Kier molecular flexibility index (Phi) is 4.79. The number of halogens is 2. The SMILES string of the molecule is Fc1cccc2c1nc(CCCl)n2C1CCCCCCC1. The molecule has 1 heterocycles. The maximum absolute atomic E-state index is 14.0. The number of aryl methyl sites for hydroxylation is 1. The quantitative estimate of drug-likeness (QED) is 0.709. The van der Waals surface area contributed by atoms with Crippen LogP contribution in [-0.2, 0) is 6.42 Å². The molecule has 2 aromatic rings. The van der Waals surface area contributed by atoms with Crippen molar-refractivity contribution in [2.24, 2.45) is 0 Å². The van der Waals surface area contributed by atoms with Crippen LogP contribution in [0.2, 0.25) is 0 Å². The molecule has 0 aliphatic heterocycles. The van der Waals surface area contributed by atoms with Gasteiger partial charge in [0.2, 0.25) is 0 Å². The van der Waals surface area contributed by atoms with Gasteiger partial charge in [0.05, 0.1) is 5.52 Å². The second kappa shape index (κ2) is 6.78. The van der Waals surface area contributed by atoms with Crippen LogP contribution in [0.1, 0.15) is 56.8 Å². The number of aromatic nitrogens is 2. The van der Waals surface area contributed by atoms with E-state index in [1.165, 1.54) is 38.2 Å². The summed E-state index contributed by atoms with van der Waals surface area (Å²) in [5, 5.41) is 0. The molecule has 0 spiro atoms. The van der Waals surface area contributed by atoms with E-state index in [0.717, 1.165) is 24.2 Å². The summed E-state index contributed by atoms with van der Waals surface area (Å²) in [7, 11) is 0. The Labute approximate surface area is 130 Å². The number of alkyl halides is 1. The zero-order chi connectivity index (χ0) is 14.7. The number of hydrogen-bond donors (Lipinski definition) is 0. The Morgan fingerprint density at radius 3 is 2.57 bits per heavy atom. The molecule has 114 valence electrons. The maximum Gasteiger partial charge on any atom is 0.151 e. The largest absolute Gasteiger partial charge is 0.325 e. The van der Waals surface area contributed by atoms with E-state index in [4.69, 9.17) is 11.6 Å². The molecule has 0 atom stereocenters. The number of hydrogen-bond acceptors (Lipinski definition) is 1. The molecular weight excluding hydrogens is 287 g/mol. The molecule has 1 aromatic carbocycles. The van der Waals surface area contributed by atoms with Gasteiger partial charge in [-0.2, -0.15) is 0 Å². The molecule has 1 aliphatic rings. The van der Waals surface area contributed by atoms with Gasteiger partial charge in [-0.3, -0.25) is 0 Å². The topological polar surface area (TPSA) is 17.8 Å². The van der Waals surface area contributed by atoms with E-state index in [-0.39, 0.29) is 5.82 Å². The van der Waals surface area contributed by atoms with Crippen molar-refractivity contribution in [3.8, 4) is 0 Å². The van der Waals surface area contributed by atoms with Gasteiger partial charge in [0.25, 0.3) is 0 Å². The van der Waals surface area contributed by atoms with E-state index in [1.54, 1.807) is 6.07 Å². The molecule has 1 aliphatic carbocycles. The molecule has 0 unspecified atom stereocenters. The molecule has 4 heteroatoms. The molecule has 0 bridgehead atoms. The molecular formula is C17H22ClFN2. The van der Waals surface area contributed by atoms with Crippen molar-refractivity contribution in [1.82, 2.24) is 9.55 Å². The fourth-order valence-corrected chi connectivity index (χ4v) is 3.66. The van der Waals surface area contributed by atoms with Gasteiger partial charge in [-0.15, -0.1) is 11.6 Å². The molecule has 3 rings (SSSR count). The molecule has 0 N–H and O–H groups in total. The Morgan fingerprint density at radius 1 is 1.14 bits per heavy atom.